The third kappa shape index (κ3) is 3.93. The maximum atomic E-state index is 13.4. The van der Waals surface area contributed by atoms with Crippen molar-refractivity contribution in [1.82, 2.24) is 4.57 Å². The number of para-hydroxylation sites is 1. The molecule has 0 spiro atoms. The second-order valence-corrected chi connectivity index (χ2v) is 9.22. The molecule has 0 fully saturated rings. The van der Waals surface area contributed by atoms with Crippen molar-refractivity contribution < 1.29 is 22.7 Å². The molecule has 1 aromatic heterocycles. The van der Waals surface area contributed by atoms with Gasteiger partial charge in [-0.15, -0.1) is 0 Å². The maximum absolute atomic E-state index is 13.4. The van der Waals surface area contributed by atoms with Gasteiger partial charge < -0.3 is 4.74 Å². The lowest BCUT2D eigenvalue weighted by atomic mass is 10.1. The Hall–Kier alpha value is -2.84. The fraction of sp³-hybridized carbons (Fsp3) is 0.238. The Balaban J connectivity index is 2.16. The van der Waals surface area contributed by atoms with Crippen LogP contribution in [0.5, 0.6) is 0 Å². The third-order valence-corrected chi connectivity index (χ3v) is 6.29. The smallest absolute Gasteiger partial charge is 0.340 e. The van der Waals surface area contributed by atoms with Crippen molar-refractivity contribution in [3.63, 3.8) is 0 Å². The van der Waals surface area contributed by atoms with Gasteiger partial charge in [-0.3, -0.25) is 13.7 Å². The summed E-state index contributed by atoms with van der Waals surface area (Å²) in [6.45, 7) is 3.23. The van der Waals surface area contributed by atoms with E-state index in [1.165, 1.54) is 30.9 Å². The molecule has 0 saturated carbocycles. The number of aromatic nitrogens is 1. The first-order valence-corrected chi connectivity index (χ1v) is 11.3. The van der Waals surface area contributed by atoms with Crippen molar-refractivity contribution in [2.24, 2.45) is 0 Å². The first kappa shape index (κ1) is 21.9. The Morgan fingerprint density at radius 3 is 2.47 bits per heavy atom. The predicted molar refractivity (Wildman–Crippen MR) is 117 cm³/mol. The molecule has 3 rings (SSSR count). The van der Waals surface area contributed by atoms with Crippen LogP contribution in [0, 0.1) is 6.92 Å². The third-order valence-electron chi connectivity index (χ3n) is 4.83. The van der Waals surface area contributed by atoms with E-state index in [1.807, 2.05) is 0 Å². The number of halogens is 1. The van der Waals surface area contributed by atoms with E-state index in [2.05, 4.69) is 0 Å². The molecule has 158 valence electrons. The van der Waals surface area contributed by atoms with Crippen LogP contribution in [0.2, 0.25) is 5.02 Å². The molecule has 9 heteroatoms. The first-order valence-electron chi connectivity index (χ1n) is 9.04. The molecule has 0 amide bonds. The van der Waals surface area contributed by atoms with E-state index in [-0.39, 0.29) is 5.56 Å². The zero-order chi connectivity index (χ0) is 22.2. The fourth-order valence-electron chi connectivity index (χ4n) is 3.43. The molecular weight excluding hydrogens is 428 g/mol. The number of aryl methyl sites for hydroxylation is 1. The van der Waals surface area contributed by atoms with E-state index >= 15 is 0 Å². The van der Waals surface area contributed by atoms with Gasteiger partial charge >= 0.3 is 5.97 Å². The molecule has 0 radical (unpaired) electrons. The average Bonchev–Trinajstić information content (AvgIpc) is 3.08. The van der Waals surface area contributed by atoms with Crippen LogP contribution in [0.4, 0.5) is 5.69 Å². The summed E-state index contributed by atoms with van der Waals surface area (Å²) < 4.78 is 32.4. The standard InChI is InChI=1S/C21H21ClN2O5S/c1-13-9-10-15(22)11-19(13)24(30(4,27)28)14(2)20(25)23-12-17(21(26)29-3)16-7-5-6-8-18(16)23/h5-12,14H,1-4H3/t14-/m1/s1. The molecule has 0 unspecified atom stereocenters. The zero-order valence-electron chi connectivity index (χ0n) is 16.9. The Labute approximate surface area is 179 Å². The van der Waals surface area contributed by atoms with Crippen LogP contribution >= 0.6 is 11.6 Å². The molecule has 1 heterocycles. The van der Waals surface area contributed by atoms with Crippen LogP contribution in [0.25, 0.3) is 10.9 Å². The molecule has 3 aromatic rings. The SMILES string of the molecule is COC(=O)c1cn(C(=O)[C@@H](C)N(c2cc(Cl)ccc2C)S(C)(=O)=O)c2ccccc12. The Bertz CT molecular complexity index is 1250. The molecule has 2 aromatic carbocycles. The van der Waals surface area contributed by atoms with Crippen LogP contribution in [0.15, 0.2) is 48.7 Å². The lowest BCUT2D eigenvalue weighted by molar-refractivity contribution is 0.0603. The van der Waals surface area contributed by atoms with Gasteiger partial charge in [0.1, 0.15) is 6.04 Å². The van der Waals surface area contributed by atoms with Gasteiger partial charge in [-0.1, -0.05) is 35.9 Å². The number of carbonyl (C=O) groups is 2. The Morgan fingerprint density at radius 2 is 1.83 bits per heavy atom. The number of sulfonamides is 1. The number of hydrogen-bond donors (Lipinski definition) is 0. The van der Waals surface area contributed by atoms with Crippen molar-refractivity contribution in [3.8, 4) is 0 Å². The number of fused-ring (bicyclic) bond motifs is 1. The van der Waals surface area contributed by atoms with Gasteiger partial charge in [0, 0.05) is 16.6 Å². The van der Waals surface area contributed by atoms with E-state index in [4.69, 9.17) is 16.3 Å². The van der Waals surface area contributed by atoms with Crippen molar-refractivity contribution in [2.75, 3.05) is 17.7 Å². The van der Waals surface area contributed by atoms with Gasteiger partial charge in [-0.05, 0) is 37.6 Å². The molecule has 0 bridgehead atoms. The summed E-state index contributed by atoms with van der Waals surface area (Å²) in [6, 6.07) is 10.6. The minimum atomic E-state index is -3.83. The van der Waals surface area contributed by atoms with E-state index in [0.29, 0.717) is 27.2 Å². The monoisotopic (exact) mass is 448 g/mol. The van der Waals surface area contributed by atoms with Gasteiger partial charge in [0.2, 0.25) is 10.0 Å². The molecule has 0 aliphatic carbocycles. The minimum absolute atomic E-state index is 0.221. The second-order valence-electron chi connectivity index (χ2n) is 6.93. The normalized spacial score (nSPS) is 12.6. The number of benzene rings is 2. The predicted octanol–water partition coefficient (Wildman–Crippen LogP) is 3.88. The quantitative estimate of drug-likeness (QED) is 0.553. The number of carbonyl (C=O) groups excluding carboxylic acids is 2. The van der Waals surface area contributed by atoms with Crippen molar-refractivity contribution >= 4 is 50.1 Å². The van der Waals surface area contributed by atoms with Gasteiger partial charge in [0.25, 0.3) is 5.91 Å². The lowest BCUT2D eigenvalue weighted by Gasteiger charge is -2.29. The van der Waals surface area contributed by atoms with Crippen molar-refractivity contribution in [1.29, 1.82) is 0 Å². The summed E-state index contributed by atoms with van der Waals surface area (Å²) in [4.78, 5) is 25.6. The number of anilines is 1. The van der Waals surface area contributed by atoms with E-state index in [1.54, 1.807) is 43.3 Å². The van der Waals surface area contributed by atoms with Gasteiger partial charge in [-0.25, -0.2) is 13.2 Å². The van der Waals surface area contributed by atoms with Gasteiger partial charge in [0.05, 0.1) is 30.1 Å². The number of methoxy groups -OCH3 is 1. The Kier molecular flexibility index (Phi) is 5.92. The first-order chi connectivity index (χ1) is 14.1. The largest absolute Gasteiger partial charge is 0.465 e. The van der Waals surface area contributed by atoms with Crippen LogP contribution in [0.1, 0.15) is 27.6 Å². The van der Waals surface area contributed by atoms with Crippen LogP contribution in [-0.4, -0.2) is 44.3 Å². The van der Waals surface area contributed by atoms with Gasteiger partial charge in [0.15, 0.2) is 0 Å². The molecular formula is C21H21ClN2O5S. The topological polar surface area (TPSA) is 85.7 Å². The summed E-state index contributed by atoms with van der Waals surface area (Å²) >= 11 is 6.08. The highest BCUT2D eigenvalue weighted by Gasteiger charge is 2.32. The van der Waals surface area contributed by atoms with Gasteiger partial charge in [-0.2, -0.15) is 0 Å². The highest BCUT2D eigenvalue weighted by Crippen LogP contribution is 2.30. The minimum Gasteiger partial charge on any atom is -0.465 e. The van der Waals surface area contributed by atoms with E-state index in [9.17, 15) is 18.0 Å². The maximum Gasteiger partial charge on any atom is 0.340 e. The molecule has 0 saturated heterocycles. The average molecular weight is 449 g/mol. The molecule has 7 nitrogen and oxygen atoms in total. The molecule has 0 N–H and O–H groups in total. The summed E-state index contributed by atoms with van der Waals surface area (Å²) in [5, 5.41) is 0.887. The molecule has 30 heavy (non-hydrogen) atoms. The summed E-state index contributed by atoms with van der Waals surface area (Å²) in [6.07, 6.45) is 2.41. The van der Waals surface area contributed by atoms with E-state index in [0.717, 1.165) is 10.6 Å². The van der Waals surface area contributed by atoms with Crippen molar-refractivity contribution in [2.45, 2.75) is 19.9 Å². The highest BCUT2D eigenvalue weighted by molar-refractivity contribution is 7.92. The van der Waals surface area contributed by atoms with Crippen molar-refractivity contribution in [3.05, 3.63) is 64.8 Å². The summed E-state index contributed by atoms with van der Waals surface area (Å²) in [5.74, 6) is -1.11. The van der Waals surface area contributed by atoms with Crippen LogP contribution < -0.4 is 4.31 Å². The number of ether oxygens (including phenoxy) is 1. The lowest BCUT2D eigenvalue weighted by Crippen LogP contribution is -2.45. The molecule has 1 atom stereocenters. The van der Waals surface area contributed by atoms with E-state index < -0.39 is 27.9 Å². The fourth-order valence-corrected chi connectivity index (χ4v) is 4.82. The highest BCUT2D eigenvalue weighted by atomic mass is 35.5. The molecule has 0 aliphatic rings. The zero-order valence-corrected chi connectivity index (χ0v) is 18.5. The summed E-state index contributed by atoms with van der Waals surface area (Å²) in [5.41, 5.74) is 1.66. The Morgan fingerprint density at radius 1 is 1.17 bits per heavy atom. The second kappa shape index (κ2) is 8.12. The molecule has 0 aliphatic heterocycles. The number of rotatable bonds is 5. The van der Waals surface area contributed by atoms with Crippen LogP contribution in [-0.2, 0) is 14.8 Å². The number of nitrogens with zero attached hydrogens (tertiary/aromatic N) is 2. The van der Waals surface area contributed by atoms with Crippen LogP contribution in [0.3, 0.4) is 0 Å². The number of hydrogen-bond acceptors (Lipinski definition) is 5. The summed E-state index contributed by atoms with van der Waals surface area (Å²) in [7, 11) is -2.57. The number of esters is 1.